The van der Waals surface area contributed by atoms with Crippen LogP contribution in [0.1, 0.15) is 32.1 Å². The first-order valence-corrected chi connectivity index (χ1v) is 4.20. The molecule has 2 aliphatic heterocycles. The van der Waals surface area contributed by atoms with E-state index in [1.807, 2.05) is 0 Å². The van der Waals surface area contributed by atoms with Crippen molar-refractivity contribution < 1.29 is 0 Å². The maximum Gasteiger partial charge on any atom is 0.0822 e. The van der Waals surface area contributed by atoms with Crippen LogP contribution in [0.25, 0.3) is 0 Å². The highest BCUT2D eigenvalue weighted by molar-refractivity contribution is 5.52. The lowest BCUT2D eigenvalue weighted by Gasteiger charge is -2.32. The van der Waals surface area contributed by atoms with Crippen molar-refractivity contribution >= 4 is 6.34 Å². The van der Waals surface area contributed by atoms with Gasteiger partial charge < -0.3 is 4.90 Å². The molecular weight excluding hydrogens is 124 g/mol. The van der Waals surface area contributed by atoms with Gasteiger partial charge in [0.05, 0.1) is 6.34 Å². The molecule has 2 aliphatic rings. The second-order valence-electron chi connectivity index (χ2n) is 3.39. The van der Waals surface area contributed by atoms with Gasteiger partial charge in [-0.2, -0.15) is 0 Å². The smallest absolute Gasteiger partial charge is 0.0822 e. The monoisotopic (exact) mass is 138 g/mol. The minimum absolute atomic E-state index is 0.733. The molecule has 0 aliphatic carbocycles. The first kappa shape index (κ1) is 6.20. The van der Waals surface area contributed by atoms with Crippen LogP contribution < -0.4 is 0 Å². The molecule has 2 saturated heterocycles. The molecule has 2 rings (SSSR count). The van der Waals surface area contributed by atoms with E-state index >= 15 is 0 Å². The van der Waals surface area contributed by atoms with Gasteiger partial charge in [-0.3, -0.25) is 5.41 Å². The maximum atomic E-state index is 7.20. The third-order valence-electron chi connectivity index (χ3n) is 2.90. The van der Waals surface area contributed by atoms with Gasteiger partial charge in [-0.05, 0) is 32.1 Å². The van der Waals surface area contributed by atoms with Crippen molar-refractivity contribution in [1.29, 1.82) is 5.41 Å². The summed E-state index contributed by atoms with van der Waals surface area (Å²) in [7, 11) is 0. The summed E-state index contributed by atoms with van der Waals surface area (Å²) < 4.78 is 0. The molecule has 0 aromatic rings. The van der Waals surface area contributed by atoms with Gasteiger partial charge >= 0.3 is 0 Å². The highest BCUT2D eigenvalue weighted by atomic mass is 15.2. The van der Waals surface area contributed by atoms with E-state index in [-0.39, 0.29) is 0 Å². The summed E-state index contributed by atoms with van der Waals surface area (Å²) in [6.07, 6.45) is 8.25. The van der Waals surface area contributed by atoms with Crippen LogP contribution >= 0.6 is 0 Å². The fourth-order valence-electron chi connectivity index (χ4n) is 2.37. The molecule has 0 aromatic carbocycles. The molecule has 2 heteroatoms. The van der Waals surface area contributed by atoms with Crippen LogP contribution in [0.2, 0.25) is 0 Å². The second-order valence-corrected chi connectivity index (χ2v) is 3.39. The molecule has 2 nitrogen and oxygen atoms in total. The highest BCUT2D eigenvalue weighted by Crippen LogP contribution is 2.33. The minimum Gasteiger partial charge on any atom is -0.357 e. The Morgan fingerprint density at radius 1 is 1.10 bits per heavy atom. The quantitative estimate of drug-likeness (QED) is 0.432. The average molecular weight is 138 g/mol. The maximum absolute atomic E-state index is 7.20. The van der Waals surface area contributed by atoms with Gasteiger partial charge in [0.15, 0.2) is 0 Å². The molecule has 10 heavy (non-hydrogen) atoms. The number of fused-ring (bicyclic) bond motifs is 2. The first-order chi connectivity index (χ1) is 4.92. The summed E-state index contributed by atoms with van der Waals surface area (Å²) in [5.41, 5.74) is 0. The summed E-state index contributed by atoms with van der Waals surface area (Å²) in [6.45, 7) is 0. The van der Waals surface area contributed by atoms with E-state index in [1.165, 1.54) is 32.1 Å². The van der Waals surface area contributed by atoms with Crippen molar-refractivity contribution in [2.24, 2.45) is 0 Å². The van der Waals surface area contributed by atoms with Crippen molar-refractivity contribution in [3.63, 3.8) is 0 Å². The molecule has 2 heterocycles. The molecule has 0 aromatic heterocycles. The zero-order valence-corrected chi connectivity index (χ0v) is 6.21. The van der Waals surface area contributed by atoms with Crippen molar-refractivity contribution in [2.75, 3.05) is 0 Å². The Balaban J connectivity index is 2.13. The van der Waals surface area contributed by atoms with E-state index in [0.717, 1.165) is 12.1 Å². The van der Waals surface area contributed by atoms with Crippen LogP contribution in [-0.4, -0.2) is 23.3 Å². The molecule has 0 spiro atoms. The Morgan fingerprint density at radius 2 is 1.70 bits per heavy atom. The van der Waals surface area contributed by atoms with Crippen molar-refractivity contribution in [2.45, 2.75) is 44.2 Å². The number of hydrogen-bond donors (Lipinski definition) is 1. The summed E-state index contributed by atoms with van der Waals surface area (Å²) in [5.74, 6) is 0. The minimum atomic E-state index is 0.733. The van der Waals surface area contributed by atoms with Crippen LogP contribution in [0.15, 0.2) is 0 Å². The number of rotatable bonds is 1. The number of piperidine rings is 1. The van der Waals surface area contributed by atoms with Gasteiger partial charge in [-0.1, -0.05) is 0 Å². The molecule has 2 fully saturated rings. The number of nitrogens with zero attached hydrogens (tertiary/aromatic N) is 1. The van der Waals surface area contributed by atoms with Gasteiger partial charge in [0.25, 0.3) is 0 Å². The number of nitrogens with one attached hydrogen (secondary N) is 1. The Hall–Kier alpha value is -0.530. The largest absolute Gasteiger partial charge is 0.357 e. The zero-order chi connectivity index (χ0) is 6.97. The summed E-state index contributed by atoms with van der Waals surface area (Å²) >= 11 is 0. The zero-order valence-electron chi connectivity index (χ0n) is 6.21. The van der Waals surface area contributed by atoms with Crippen molar-refractivity contribution in [1.82, 2.24) is 4.90 Å². The molecule has 2 unspecified atom stereocenters. The Morgan fingerprint density at radius 3 is 2.10 bits per heavy atom. The molecular formula is C8H14N2. The first-order valence-electron chi connectivity index (χ1n) is 4.20. The molecule has 2 bridgehead atoms. The normalized spacial score (nSPS) is 38.2. The second kappa shape index (κ2) is 2.26. The lowest BCUT2D eigenvalue weighted by Crippen LogP contribution is -2.37. The van der Waals surface area contributed by atoms with Gasteiger partial charge in [-0.25, -0.2) is 0 Å². The van der Waals surface area contributed by atoms with Gasteiger partial charge in [-0.15, -0.1) is 0 Å². The summed E-state index contributed by atoms with van der Waals surface area (Å²) in [4.78, 5) is 2.25. The van der Waals surface area contributed by atoms with E-state index < -0.39 is 0 Å². The Bertz CT molecular complexity index is 128. The third-order valence-corrected chi connectivity index (χ3v) is 2.90. The van der Waals surface area contributed by atoms with Crippen LogP contribution in [0.3, 0.4) is 0 Å². The Labute approximate surface area is 61.7 Å². The highest BCUT2D eigenvalue weighted by Gasteiger charge is 2.34. The van der Waals surface area contributed by atoms with E-state index in [0.29, 0.717) is 0 Å². The lowest BCUT2D eigenvalue weighted by atomic mass is 10.0. The predicted octanol–water partition coefficient (Wildman–Crippen LogP) is 1.61. The molecule has 2 atom stereocenters. The average Bonchev–Trinajstić information content (AvgIpc) is 2.19. The fraction of sp³-hybridized carbons (Fsp3) is 0.875. The van der Waals surface area contributed by atoms with E-state index in [1.54, 1.807) is 6.34 Å². The van der Waals surface area contributed by atoms with E-state index in [9.17, 15) is 0 Å². The van der Waals surface area contributed by atoms with Crippen molar-refractivity contribution in [3.05, 3.63) is 0 Å². The lowest BCUT2D eigenvalue weighted by molar-refractivity contribution is 0.242. The standard InChI is InChI=1S/C8H14N2/c9-6-10-7-2-1-3-8(10)5-4-7/h6-9H,1-5H2. The van der Waals surface area contributed by atoms with Gasteiger partial charge in [0.2, 0.25) is 0 Å². The molecule has 0 radical (unpaired) electrons. The third kappa shape index (κ3) is 0.746. The number of hydrogen-bond acceptors (Lipinski definition) is 1. The van der Waals surface area contributed by atoms with Crippen LogP contribution in [0.5, 0.6) is 0 Å². The fourth-order valence-corrected chi connectivity index (χ4v) is 2.37. The topological polar surface area (TPSA) is 27.1 Å². The molecule has 1 N–H and O–H groups in total. The van der Waals surface area contributed by atoms with Crippen LogP contribution in [0.4, 0.5) is 0 Å². The SMILES string of the molecule is N=CN1C2CCCC1CC2. The van der Waals surface area contributed by atoms with Gasteiger partial charge in [0, 0.05) is 12.1 Å². The van der Waals surface area contributed by atoms with E-state index in [4.69, 9.17) is 5.41 Å². The van der Waals surface area contributed by atoms with Crippen LogP contribution in [0, 0.1) is 5.41 Å². The van der Waals surface area contributed by atoms with Gasteiger partial charge in [0.1, 0.15) is 0 Å². The van der Waals surface area contributed by atoms with E-state index in [2.05, 4.69) is 4.90 Å². The predicted molar refractivity (Wildman–Crippen MR) is 41.3 cm³/mol. The molecule has 0 amide bonds. The Kier molecular flexibility index (Phi) is 1.40. The summed E-state index contributed by atoms with van der Waals surface area (Å²) in [5, 5.41) is 7.20. The van der Waals surface area contributed by atoms with Crippen LogP contribution in [-0.2, 0) is 0 Å². The molecule has 0 saturated carbocycles. The summed E-state index contributed by atoms with van der Waals surface area (Å²) in [6, 6.07) is 1.47. The van der Waals surface area contributed by atoms with Crippen molar-refractivity contribution in [3.8, 4) is 0 Å². The molecule has 56 valence electrons.